The zero-order valence-corrected chi connectivity index (χ0v) is 12.3. The van der Waals surface area contributed by atoms with E-state index in [0.29, 0.717) is 44.5 Å². The predicted molar refractivity (Wildman–Crippen MR) is 76.8 cm³/mol. The second-order valence-electron chi connectivity index (χ2n) is 5.73. The van der Waals surface area contributed by atoms with Gasteiger partial charge in [0.05, 0.1) is 13.2 Å². The lowest BCUT2D eigenvalue weighted by Gasteiger charge is -2.30. The van der Waals surface area contributed by atoms with Gasteiger partial charge in [0, 0.05) is 18.4 Å². The zero-order chi connectivity index (χ0) is 14.9. The van der Waals surface area contributed by atoms with Crippen LogP contribution in [0, 0.1) is 11.6 Å². The van der Waals surface area contributed by atoms with Crippen LogP contribution in [0.2, 0.25) is 0 Å². The molecular weight excluding hydrogens is 274 g/mol. The van der Waals surface area contributed by atoms with Gasteiger partial charge < -0.3 is 9.47 Å². The molecule has 0 unspecified atom stereocenters. The molecule has 1 aliphatic heterocycles. The molecule has 0 atom stereocenters. The first-order valence-electron chi connectivity index (χ1n) is 7.59. The van der Waals surface area contributed by atoms with E-state index in [0.717, 1.165) is 12.0 Å². The van der Waals surface area contributed by atoms with Crippen LogP contribution in [-0.4, -0.2) is 19.0 Å². The lowest BCUT2D eigenvalue weighted by atomic mass is 9.88. The minimum absolute atomic E-state index is 0.114. The number of rotatable bonds is 3. The fourth-order valence-electron chi connectivity index (χ4n) is 3.16. The number of hydrogen-bond acceptors (Lipinski definition) is 2. The van der Waals surface area contributed by atoms with Gasteiger partial charge in [-0.05, 0) is 36.1 Å². The molecule has 1 heterocycles. The van der Waals surface area contributed by atoms with E-state index in [2.05, 4.69) is 0 Å². The van der Waals surface area contributed by atoms with E-state index in [1.165, 1.54) is 12.1 Å². The Morgan fingerprint density at radius 2 is 1.81 bits per heavy atom. The SMILES string of the molecule is CCCc1cc(F)c(C2=CCC3(CC2)OCCO3)c(F)c1. The minimum Gasteiger partial charge on any atom is -0.347 e. The molecule has 0 N–H and O–H groups in total. The summed E-state index contributed by atoms with van der Waals surface area (Å²) < 4.78 is 39.7. The summed E-state index contributed by atoms with van der Waals surface area (Å²) in [6.45, 7) is 3.18. The average Bonchev–Trinajstić information content (AvgIpc) is 2.89. The number of aryl methyl sites for hydroxylation is 1. The molecule has 2 aliphatic rings. The first kappa shape index (κ1) is 14.7. The Bertz CT molecular complexity index is 537. The largest absolute Gasteiger partial charge is 0.347 e. The summed E-state index contributed by atoms with van der Waals surface area (Å²) in [7, 11) is 0. The average molecular weight is 294 g/mol. The van der Waals surface area contributed by atoms with Crippen molar-refractivity contribution in [2.24, 2.45) is 0 Å². The number of allylic oxidation sites excluding steroid dienone is 1. The van der Waals surface area contributed by atoms with Crippen molar-refractivity contribution in [2.75, 3.05) is 13.2 Å². The van der Waals surface area contributed by atoms with E-state index in [4.69, 9.17) is 9.47 Å². The third kappa shape index (κ3) is 2.87. The van der Waals surface area contributed by atoms with Crippen molar-refractivity contribution >= 4 is 5.57 Å². The summed E-state index contributed by atoms with van der Waals surface area (Å²) in [5, 5.41) is 0. The predicted octanol–water partition coefficient (Wildman–Crippen LogP) is 4.23. The van der Waals surface area contributed by atoms with E-state index in [-0.39, 0.29) is 5.56 Å². The Hall–Kier alpha value is -1.26. The molecule has 21 heavy (non-hydrogen) atoms. The Balaban J connectivity index is 1.86. The number of benzene rings is 1. The summed E-state index contributed by atoms with van der Waals surface area (Å²) >= 11 is 0. The van der Waals surface area contributed by atoms with Crippen LogP contribution in [0.4, 0.5) is 8.78 Å². The highest BCUT2D eigenvalue weighted by Gasteiger charge is 2.38. The lowest BCUT2D eigenvalue weighted by molar-refractivity contribution is -0.159. The standard InChI is InChI=1S/C17H20F2O2/c1-2-3-12-10-14(18)16(15(19)11-12)13-4-6-17(7-5-13)20-8-9-21-17/h4,10-11H,2-3,5-9H2,1H3. The molecule has 4 heteroatoms. The first-order chi connectivity index (χ1) is 10.1. The Labute approximate surface area is 123 Å². The van der Waals surface area contributed by atoms with Gasteiger partial charge in [-0.3, -0.25) is 0 Å². The number of halogens is 2. The summed E-state index contributed by atoms with van der Waals surface area (Å²) in [6, 6.07) is 2.91. The maximum absolute atomic E-state index is 14.2. The lowest BCUT2D eigenvalue weighted by Crippen LogP contribution is -2.31. The third-order valence-electron chi connectivity index (χ3n) is 4.21. The van der Waals surface area contributed by atoms with Crippen LogP contribution >= 0.6 is 0 Å². The third-order valence-corrected chi connectivity index (χ3v) is 4.21. The van der Waals surface area contributed by atoms with Crippen LogP contribution in [0.25, 0.3) is 5.57 Å². The van der Waals surface area contributed by atoms with E-state index in [1.807, 2.05) is 13.0 Å². The quantitative estimate of drug-likeness (QED) is 0.830. The normalized spacial score (nSPS) is 20.8. The molecule has 0 bridgehead atoms. The van der Waals surface area contributed by atoms with Gasteiger partial charge in [0.1, 0.15) is 11.6 Å². The topological polar surface area (TPSA) is 18.5 Å². The smallest absolute Gasteiger partial charge is 0.172 e. The monoisotopic (exact) mass is 294 g/mol. The van der Waals surface area contributed by atoms with Crippen molar-refractivity contribution in [1.82, 2.24) is 0 Å². The molecule has 1 aromatic rings. The fourth-order valence-corrected chi connectivity index (χ4v) is 3.16. The van der Waals surface area contributed by atoms with Gasteiger partial charge in [0.2, 0.25) is 0 Å². The summed E-state index contributed by atoms with van der Waals surface area (Å²) in [5.41, 5.74) is 1.55. The molecule has 3 rings (SSSR count). The van der Waals surface area contributed by atoms with Crippen molar-refractivity contribution in [2.45, 2.75) is 44.8 Å². The maximum atomic E-state index is 14.2. The second-order valence-corrected chi connectivity index (χ2v) is 5.73. The number of hydrogen-bond donors (Lipinski definition) is 0. The van der Waals surface area contributed by atoms with E-state index in [1.54, 1.807) is 0 Å². The Morgan fingerprint density at radius 3 is 2.33 bits per heavy atom. The Morgan fingerprint density at radius 1 is 1.14 bits per heavy atom. The zero-order valence-electron chi connectivity index (χ0n) is 12.3. The molecule has 0 amide bonds. The molecule has 0 radical (unpaired) electrons. The summed E-state index contributed by atoms with van der Waals surface area (Å²) in [4.78, 5) is 0. The minimum atomic E-state index is -0.557. The van der Waals surface area contributed by atoms with Crippen molar-refractivity contribution in [3.05, 3.63) is 41.0 Å². The molecule has 1 saturated heterocycles. The van der Waals surface area contributed by atoms with Gasteiger partial charge in [-0.15, -0.1) is 0 Å². The van der Waals surface area contributed by atoms with Gasteiger partial charge in [-0.2, -0.15) is 0 Å². The molecular formula is C17H20F2O2. The van der Waals surface area contributed by atoms with Crippen LogP contribution in [0.5, 0.6) is 0 Å². The van der Waals surface area contributed by atoms with Gasteiger partial charge in [0.15, 0.2) is 5.79 Å². The van der Waals surface area contributed by atoms with Gasteiger partial charge >= 0.3 is 0 Å². The number of ether oxygens (including phenoxy) is 2. The van der Waals surface area contributed by atoms with Gasteiger partial charge in [-0.1, -0.05) is 19.4 Å². The molecule has 0 aromatic heterocycles. The molecule has 1 aromatic carbocycles. The van der Waals surface area contributed by atoms with Crippen molar-refractivity contribution in [3.63, 3.8) is 0 Å². The van der Waals surface area contributed by atoms with Gasteiger partial charge in [0.25, 0.3) is 0 Å². The highest BCUT2D eigenvalue weighted by molar-refractivity contribution is 5.68. The van der Waals surface area contributed by atoms with Crippen molar-refractivity contribution in [3.8, 4) is 0 Å². The highest BCUT2D eigenvalue weighted by atomic mass is 19.1. The molecule has 1 spiro atoms. The fraction of sp³-hybridized carbons (Fsp3) is 0.529. The van der Waals surface area contributed by atoms with Crippen LogP contribution < -0.4 is 0 Å². The van der Waals surface area contributed by atoms with Crippen LogP contribution in [-0.2, 0) is 15.9 Å². The van der Waals surface area contributed by atoms with E-state index >= 15 is 0 Å². The van der Waals surface area contributed by atoms with Crippen LogP contribution in [0.15, 0.2) is 18.2 Å². The van der Waals surface area contributed by atoms with Gasteiger partial charge in [-0.25, -0.2) is 8.78 Å². The van der Waals surface area contributed by atoms with E-state index < -0.39 is 17.4 Å². The van der Waals surface area contributed by atoms with Crippen LogP contribution in [0.3, 0.4) is 0 Å². The molecule has 1 aliphatic carbocycles. The molecule has 114 valence electrons. The van der Waals surface area contributed by atoms with Crippen molar-refractivity contribution < 1.29 is 18.3 Å². The van der Waals surface area contributed by atoms with Crippen molar-refractivity contribution in [1.29, 1.82) is 0 Å². The maximum Gasteiger partial charge on any atom is 0.172 e. The first-order valence-corrected chi connectivity index (χ1v) is 7.59. The second kappa shape index (κ2) is 5.85. The van der Waals surface area contributed by atoms with E-state index in [9.17, 15) is 8.78 Å². The molecule has 1 fully saturated rings. The van der Waals surface area contributed by atoms with Crippen LogP contribution in [0.1, 0.15) is 43.7 Å². The molecule has 2 nitrogen and oxygen atoms in total. The molecule has 0 saturated carbocycles. The highest BCUT2D eigenvalue weighted by Crippen LogP contribution is 2.39. The summed E-state index contributed by atoms with van der Waals surface area (Å²) in [6.07, 6.45) is 5.19. The Kier molecular flexibility index (Phi) is 4.09. The summed E-state index contributed by atoms with van der Waals surface area (Å²) in [5.74, 6) is -1.48.